The number of anilines is 1. The third-order valence-electron chi connectivity index (χ3n) is 5.07. The van der Waals surface area contributed by atoms with Gasteiger partial charge in [0.15, 0.2) is 5.69 Å². The Morgan fingerprint density at radius 1 is 1.24 bits per heavy atom. The highest BCUT2D eigenvalue weighted by molar-refractivity contribution is 5.93. The molecule has 2 aromatic heterocycles. The van der Waals surface area contributed by atoms with Gasteiger partial charge in [0.25, 0.3) is 11.5 Å². The number of fused-ring (bicyclic) bond motifs is 1. The molecule has 0 aliphatic heterocycles. The second-order valence-electron chi connectivity index (χ2n) is 8.39. The van der Waals surface area contributed by atoms with Crippen molar-refractivity contribution < 1.29 is 4.79 Å². The molecule has 2 heterocycles. The zero-order valence-electron chi connectivity index (χ0n) is 17.2. The predicted octanol–water partition coefficient (Wildman–Crippen LogP) is 3.00. The molecular weight excluding hydrogens is 368 g/mol. The van der Waals surface area contributed by atoms with E-state index in [2.05, 4.69) is 41.7 Å². The topological polar surface area (TPSA) is 93.8 Å². The highest BCUT2D eigenvalue weighted by Crippen LogP contribution is 2.41. The van der Waals surface area contributed by atoms with Crippen LogP contribution < -0.4 is 16.4 Å². The van der Waals surface area contributed by atoms with Gasteiger partial charge < -0.3 is 0 Å². The van der Waals surface area contributed by atoms with E-state index in [9.17, 15) is 9.59 Å². The molecular formula is C21H26N6O2. The van der Waals surface area contributed by atoms with Gasteiger partial charge in [-0.15, -0.1) is 0 Å². The van der Waals surface area contributed by atoms with E-state index in [1.54, 1.807) is 12.1 Å². The molecule has 2 N–H and O–H groups in total. The van der Waals surface area contributed by atoms with Crippen molar-refractivity contribution in [3.8, 4) is 0 Å². The van der Waals surface area contributed by atoms with Crippen LogP contribution >= 0.6 is 0 Å². The summed E-state index contributed by atoms with van der Waals surface area (Å²) < 4.78 is 3.43. The number of hydrazine groups is 1. The number of aromatic nitrogens is 4. The maximum Gasteiger partial charge on any atom is 0.290 e. The second-order valence-corrected chi connectivity index (χ2v) is 8.39. The largest absolute Gasteiger partial charge is 0.290 e. The van der Waals surface area contributed by atoms with Gasteiger partial charge in [-0.25, -0.2) is 4.98 Å². The average Bonchev–Trinajstić information content (AvgIpc) is 3.43. The number of amides is 1. The summed E-state index contributed by atoms with van der Waals surface area (Å²) in [4.78, 5) is 29.9. The van der Waals surface area contributed by atoms with Crippen molar-refractivity contribution in [2.75, 3.05) is 5.43 Å². The molecule has 1 fully saturated rings. The van der Waals surface area contributed by atoms with E-state index >= 15 is 0 Å². The summed E-state index contributed by atoms with van der Waals surface area (Å²) in [6, 6.07) is 9.02. The number of nitrogens with zero attached hydrogens (tertiary/aromatic N) is 4. The van der Waals surface area contributed by atoms with Crippen LogP contribution in [0.5, 0.6) is 0 Å². The minimum absolute atomic E-state index is 0.150. The summed E-state index contributed by atoms with van der Waals surface area (Å²) in [6.07, 6.45) is 2.26. The second kappa shape index (κ2) is 7.02. The molecule has 3 aromatic rings. The van der Waals surface area contributed by atoms with Crippen LogP contribution in [0.15, 0.2) is 35.1 Å². The van der Waals surface area contributed by atoms with Gasteiger partial charge in [-0.2, -0.15) is 5.10 Å². The SMILES string of the molecule is CCn1c(NNC(=O)c2cc(C3CC3)n(C(C)(C)C)n2)nc2ccccc2c1=O. The Morgan fingerprint density at radius 3 is 2.62 bits per heavy atom. The van der Waals surface area contributed by atoms with Gasteiger partial charge >= 0.3 is 0 Å². The molecule has 8 heteroatoms. The van der Waals surface area contributed by atoms with Crippen LogP contribution in [-0.4, -0.2) is 25.2 Å². The van der Waals surface area contributed by atoms with Crippen molar-refractivity contribution >= 4 is 22.8 Å². The Kier molecular flexibility index (Phi) is 4.64. The molecule has 4 rings (SSSR count). The smallest absolute Gasteiger partial charge is 0.277 e. The van der Waals surface area contributed by atoms with Crippen LogP contribution in [0.3, 0.4) is 0 Å². The number of carbonyl (C=O) groups excluding carboxylic acids is 1. The predicted molar refractivity (Wildman–Crippen MR) is 112 cm³/mol. The Hall–Kier alpha value is -3.16. The van der Waals surface area contributed by atoms with E-state index < -0.39 is 0 Å². The van der Waals surface area contributed by atoms with Gasteiger partial charge in [0, 0.05) is 18.2 Å². The lowest BCUT2D eigenvalue weighted by Gasteiger charge is -2.22. The first kappa shape index (κ1) is 19.2. The average molecular weight is 394 g/mol. The van der Waals surface area contributed by atoms with E-state index in [-0.39, 0.29) is 17.0 Å². The summed E-state index contributed by atoms with van der Waals surface area (Å²) in [7, 11) is 0. The van der Waals surface area contributed by atoms with Crippen molar-refractivity contribution in [1.82, 2.24) is 24.8 Å². The number of para-hydroxylation sites is 1. The highest BCUT2D eigenvalue weighted by Gasteiger charge is 2.32. The number of hydrogen-bond acceptors (Lipinski definition) is 5. The fraction of sp³-hybridized carbons (Fsp3) is 0.429. The van der Waals surface area contributed by atoms with Gasteiger partial charge in [0.05, 0.1) is 16.4 Å². The lowest BCUT2D eigenvalue weighted by molar-refractivity contribution is 0.0955. The molecule has 1 saturated carbocycles. The van der Waals surface area contributed by atoms with Crippen LogP contribution in [0.2, 0.25) is 0 Å². The molecule has 0 atom stereocenters. The molecule has 1 amide bonds. The van der Waals surface area contributed by atoms with Crippen molar-refractivity contribution in [2.24, 2.45) is 0 Å². The number of benzene rings is 1. The summed E-state index contributed by atoms with van der Waals surface area (Å²) in [5.74, 6) is 0.408. The number of hydrogen-bond donors (Lipinski definition) is 2. The van der Waals surface area contributed by atoms with Crippen molar-refractivity contribution in [2.45, 2.75) is 58.5 Å². The van der Waals surface area contributed by atoms with Crippen molar-refractivity contribution in [3.63, 3.8) is 0 Å². The van der Waals surface area contributed by atoms with Crippen molar-refractivity contribution in [3.05, 3.63) is 52.1 Å². The number of carbonyl (C=O) groups is 1. The molecule has 1 aromatic carbocycles. The molecule has 0 unspecified atom stereocenters. The zero-order valence-corrected chi connectivity index (χ0v) is 17.2. The molecule has 1 aliphatic carbocycles. The standard InChI is InChI=1S/C21H26N6O2/c1-5-26-19(29)14-8-6-7-9-15(14)22-20(26)24-23-18(28)16-12-17(13-10-11-13)27(25-16)21(2,3)4/h6-9,12-13H,5,10-11H2,1-4H3,(H,22,24)(H,23,28). The number of nitrogens with one attached hydrogen (secondary N) is 2. The van der Waals surface area contributed by atoms with E-state index in [1.807, 2.05) is 29.8 Å². The first-order valence-corrected chi connectivity index (χ1v) is 9.96. The summed E-state index contributed by atoms with van der Waals surface area (Å²) in [5, 5.41) is 5.09. The van der Waals surface area contributed by atoms with Gasteiger partial charge in [-0.3, -0.25) is 29.7 Å². The molecule has 0 bridgehead atoms. The molecule has 0 spiro atoms. The molecule has 29 heavy (non-hydrogen) atoms. The first-order valence-electron chi connectivity index (χ1n) is 9.96. The Morgan fingerprint density at radius 2 is 1.97 bits per heavy atom. The van der Waals surface area contributed by atoms with Gasteiger partial charge in [-0.1, -0.05) is 12.1 Å². The molecule has 0 saturated heterocycles. The van der Waals surface area contributed by atoms with Crippen molar-refractivity contribution in [1.29, 1.82) is 0 Å². The van der Waals surface area contributed by atoms with Crippen LogP contribution in [0.25, 0.3) is 10.9 Å². The van der Waals surface area contributed by atoms with Crippen LogP contribution in [0, 0.1) is 0 Å². The third kappa shape index (κ3) is 3.62. The van der Waals surface area contributed by atoms with Gasteiger partial charge in [-0.05, 0) is 58.7 Å². The summed E-state index contributed by atoms with van der Waals surface area (Å²) in [5.41, 5.74) is 7.12. The normalized spacial score (nSPS) is 14.2. The first-order chi connectivity index (χ1) is 13.8. The fourth-order valence-corrected chi connectivity index (χ4v) is 3.45. The molecule has 8 nitrogen and oxygen atoms in total. The van der Waals surface area contributed by atoms with E-state index in [4.69, 9.17) is 0 Å². The van der Waals surface area contributed by atoms with Gasteiger partial charge in [0.1, 0.15) is 0 Å². The van der Waals surface area contributed by atoms with E-state index in [0.717, 1.165) is 18.5 Å². The fourth-order valence-electron chi connectivity index (χ4n) is 3.45. The minimum atomic E-state index is -0.361. The summed E-state index contributed by atoms with van der Waals surface area (Å²) >= 11 is 0. The van der Waals surface area contributed by atoms with E-state index in [1.165, 1.54) is 4.57 Å². The zero-order chi connectivity index (χ0) is 20.8. The highest BCUT2D eigenvalue weighted by atomic mass is 16.2. The van der Waals surface area contributed by atoms with Crippen LogP contribution in [0.4, 0.5) is 5.95 Å². The van der Waals surface area contributed by atoms with Crippen LogP contribution in [-0.2, 0) is 12.1 Å². The summed E-state index contributed by atoms with van der Waals surface area (Å²) in [6.45, 7) is 8.51. The lowest BCUT2D eigenvalue weighted by Crippen LogP contribution is -2.34. The Bertz CT molecular complexity index is 1130. The molecule has 1 aliphatic rings. The third-order valence-corrected chi connectivity index (χ3v) is 5.07. The lowest BCUT2D eigenvalue weighted by atomic mass is 10.1. The molecule has 152 valence electrons. The Balaban J connectivity index is 1.60. The number of rotatable bonds is 5. The maximum atomic E-state index is 12.7. The monoisotopic (exact) mass is 394 g/mol. The minimum Gasteiger partial charge on any atom is -0.277 e. The van der Waals surface area contributed by atoms with E-state index in [0.29, 0.717) is 35.0 Å². The Labute approximate surface area is 168 Å². The maximum absolute atomic E-state index is 12.7. The van der Waals surface area contributed by atoms with Crippen LogP contribution in [0.1, 0.15) is 62.6 Å². The quantitative estimate of drug-likeness (QED) is 0.649. The van der Waals surface area contributed by atoms with Gasteiger partial charge in [0.2, 0.25) is 5.95 Å². The molecule has 0 radical (unpaired) electrons.